The quantitative estimate of drug-likeness (QED) is 0.849. The second-order valence-electron chi connectivity index (χ2n) is 6.23. The monoisotopic (exact) mass is 340 g/mol. The molecule has 2 aromatic carbocycles. The maximum atomic E-state index is 12.6. The van der Waals surface area contributed by atoms with Gasteiger partial charge in [-0.3, -0.25) is 9.59 Å². The van der Waals surface area contributed by atoms with E-state index >= 15 is 0 Å². The van der Waals surface area contributed by atoms with Gasteiger partial charge in [-0.05, 0) is 50.1 Å². The van der Waals surface area contributed by atoms with Crippen molar-refractivity contribution >= 4 is 11.8 Å². The highest BCUT2D eigenvalue weighted by Crippen LogP contribution is 2.13. The molecule has 5 nitrogen and oxygen atoms in total. The van der Waals surface area contributed by atoms with E-state index in [0.29, 0.717) is 12.0 Å². The van der Waals surface area contributed by atoms with Crippen LogP contribution in [0.3, 0.4) is 0 Å². The van der Waals surface area contributed by atoms with Gasteiger partial charge in [0.15, 0.2) is 0 Å². The van der Waals surface area contributed by atoms with Gasteiger partial charge in [0.1, 0.15) is 11.8 Å². The molecule has 25 heavy (non-hydrogen) atoms. The number of nitrogens with zero attached hydrogens (tertiary/aromatic N) is 1. The summed E-state index contributed by atoms with van der Waals surface area (Å²) in [6.07, 6.45) is 0.669. The molecule has 2 rings (SSSR count). The van der Waals surface area contributed by atoms with Crippen molar-refractivity contribution in [3.8, 4) is 5.75 Å². The van der Waals surface area contributed by atoms with Gasteiger partial charge in [-0.1, -0.05) is 30.3 Å². The van der Waals surface area contributed by atoms with E-state index in [1.54, 1.807) is 55.3 Å². The third-order valence-corrected chi connectivity index (χ3v) is 4.23. The van der Waals surface area contributed by atoms with Crippen LogP contribution in [0.2, 0.25) is 0 Å². The third-order valence-electron chi connectivity index (χ3n) is 4.23. The number of nitrogens with one attached hydrogen (secondary N) is 1. The van der Waals surface area contributed by atoms with Gasteiger partial charge >= 0.3 is 0 Å². The van der Waals surface area contributed by atoms with Crippen LogP contribution in [0.25, 0.3) is 0 Å². The summed E-state index contributed by atoms with van der Waals surface area (Å²) in [5.41, 5.74) is 1.56. The number of phenolic OH excluding ortho intramolecular Hbond substituents is 1. The average Bonchev–Trinajstić information content (AvgIpc) is 2.62. The molecule has 0 unspecified atom stereocenters. The van der Waals surface area contributed by atoms with Crippen LogP contribution in [0.1, 0.15) is 29.8 Å². The molecule has 0 aromatic heterocycles. The number of likely N-dealkylation sites (N-methyl/N-ethyl adjacent to an activating group) is 1. The molecule has 0 saturated carbocycles. The molecule has 2 aromatic rings. The maximum absolute atomic E-state index is 12.6. The Hall–Kier alpha value is -2.82. The first-order chi connectivity index (χ1) is 11.9. The van der Waals surface area contributed by atoms with Crippen molar-refractivity contribution in [2.45, 2.75) is 32.4 Å². The van der Waals surface area contributed by atoms with Crippen LogP contribution in [0.4, 0.5) is 0 Å². The summed E-state index contributed by atoms with van der Waals surface area (Å²) in [7, 11) is 1.73. The molecular weight excluding hydrogens is 316 g/mol. The molecular formula is C20H24N2O3. The predicted octanol–water partition coefficient (Wildman–Crippen LogP) is 2.60. The van der Waals surface area contributed by atoms with Crippen LogP contribution in [0, 0.1) is 0 Å². The van der Waals surface area contributed by atoms with Crippen LogP contribution in [-0.4, -0.2) is 41.0 Å². The number of amides is 2. The molecule has 5 heteroatoms. The summed E-state index contributed by atoms with van der Waals surface area (Å²) in [5.74, 6) is -0.185. The highest BCUT2D eigenvalue weighted by Gasteiger charge is 2.23. The first kappa shape index (κ1) is 18.5. The molecule has 0 spiro atoms. The van der Waals surface area contributed by atoms with Gasteiger partial charge in [-0.2, -0.15) is 0 Å². The number of benzene rings is 2. The fourth-order valence-corrected chi connectivity index (χ4v) is 2.56. The molecule has 0 bridgehead atoms. The van der Waals surface area contributed by atoms with Crippen LogP contribution in [0.5, 0.6) is 5.75 Å². The first-order valence-electron chi connectivity index (χ1n) is 8.29. The van der Waals surface area contributed by atoms with E-state index in [2.05, 4.69) is 5.32 Å². The number of phenols is 1. The molecule has 0 aliphatic rings. The summed E-state index contributed by atoms with van der Waals surface area (Å²) in [5, 5.41) is 12.1. The average molecular weight is 340 g/mol. The van der Waals surface area contributed by atoms with Crippen LogP contribution >= 0.6 is 0 Å². The third kappa shape index (κ3) is 5.08. The Bertz CT molecular complexity index is 713. The van der Waals surface area contributed by atoms with Crippen molar-refractivity contribution in [3.05, 3.63) is 65.7 Å². The van der Waals surface area contributed by atoms with Gasteiger partial charge in [-0.25, -0.2) is 0 Å². The molecule has 0 saturated heterocycles. The Morgan fingerprint density at radius 3 is 2.24 bits per heavy atom. The number of rotatable bonds is 6. The molecule has 0 aliphatic carbocycles. The van der Waals surface area contributed by atoms with Crippen molar-refractivity contribution in [3.63, 3.8) is 0 Å². The Morgan fingerprint density at radius 1 is 1.04 bits per heavy atom. The normalized spacial score (nSPS) is 12.9. The van der Waals surface area contributed by atoms with Crippen LogP contribution in [0.15, 0.2) is 54.6 Å². The zero-order valence-electron chi connectivity index (χ0n) is 14.8. The smallest absolute Gasteiger partial charge is 0.251 e. The first-order valence-corrected chi connectivity index (χ1v) is 8.29. The van der Waals surface area contributed by atoms with E-state index in [4.69, 9.17) is 0 Å². The van der Waals surface area contributed by atoms with E-state index in [1.165, 1.54) is 0 Å². The zero-order chi connectivity index (χ0) is 18.4. The molecule has 132 valence electrons. The van der Waals surface area contributed by atoms with Crippen LogP contribution in [-0.2, 0) is 11.2 Å². The van der Waals surface area contributed by atoms with Crippen molar-refractivity contribution in [1.82, 2.24) is 10.2 Å². The fraction of sp³-hybridized carbons (Fsp3) is 0.300. The molecule has 2 N–H and O–H groups in total. The van der Waals surface area contributed by atoms with Crippen molar-refractivity contribution in [2.24, 2.45) is 0 Å². The molecule has 0 aliphatic heterocycles. The highest BCUT2D eigenvalue weighted by atomic mass is 16.3. The molecule has 0 fully saturated rings. The van der Waals surface area contributed by atoms with Crippen LogP contribution < -0.4 is 5.32 Å². The molecule has 2 atom stereocenters. The summed E-state index contributed by atoms with van der Waals surface area (Å²) in [4.78, 5) is 26.4. The van der Waals surface area contributed by atoms with Gasteiger partial charge in [0.2, 0.25) is 5.91 Å². The van der Waals surface area contributed by atoms with Gasteiger partial charge in [0.05, 0.1) is 0 Å². The van der Waals surface area contributed by atoms with E-state index in [0.717, 1.165) is 5.56 Å². The lowest BCUT2D eigenvalue weighted by atomic mass is 10.1. The Labute approximate surface area is 148 Å². The van der Waals surface area contributed by atoms with Gasteiger partial charge in [-0.15, -0.1) is 0 Å². The highest BCUT2D eigenvalue weighted by molar-refractivity contribution is 5.97. The summed E-state index contributed by atoms with van der Waals surface area (Å²) >= 11 is 0. The summed E-state index contributed by atoms with van der Waals surface area (Å²) in [6.45, 7) is 3.64. The standard InChI is InChI=1S/C20H24N2O3/c1-14(13-16-9-11-18(23)12-10-16)22(3)20(25)15(2)21-19(24)17-7-5-4-6-8-17/h4-12,14-15,23H,13H2,1-3H3,(H,21,24)/t14-,15+/m1/s1. The number of hydrogen-bond acceptors (Lipinski definition) is 3. The number of hydrogen-bond donors (Lipinski definition) is 2. The minimum absolute atomic E-state index is 0.0341. The largest absolute Gasteiger partial charge is 0.508 e. The maximum Gasteiger partial charge on any atom is 0.251 e. The van der Waals surface area contributed by atoms with E-state index < -0.39 is 6.04 Å². The Kier molecular flexibility index (Phi) is 6.17. The summed E-state index contributed by atoms with van der Waals surface area (Å²) in [6, 6.07) is 15.1. The minimum atomic E-state index is -0.611. The van der Waals surface area contributed by atoms with E-state index in [1.807, 2.05) is 25.1 Å². The molecule has 2 amide bonds. The van der Waals surface area contributed by atoms with Gasteiger partial charge < -0.3 is 15.3 Å². The SMILES string of the molecule is C[C@H](NC(=O)c1ccccc1)C(=O)N(C)[C@H](C)Cc1ccc(O)cc1. The summed E-state index contributed by atoms with van der Waals surface area (Å²) < 4.78 is 0. The van der Waals surface area contributed by atoms with E-state index in [-0.39, 0.29) is 23.6 Å². The topological polar surface area (TPSA) is 69.6 Å². The second kappa shape index (κ2) is 8.33. The van der Waals surface area contributed by atoms with Gasteiger partial charge in [0.25, 0.3) is 5.91 Å². The van der Waals surface area contributed by atoms with Crippen molar-refractivity contribution in [2.75, 3.05) is 7.05 Å². The predicted molar refractivity (Wildman–Crippen MR) is 97.4 cm³/mol. The number of aromatic hydroxyl groups is 1. The number of carbonyl (C=O) groups excluding carboxylic acids is 2. The lowest BCUT2D eigenvalue weighted by Gasteiger charge is -2.28. The van der Waals surface area contributed by atoms with E-state index in [9.17, 15) is 14.7 Å². The van der Waals surface area contributed by atoms with Gasteiger partial charge in [0, 0.05) is 18.7 Å². The Balaban J connectivity index is 1.93. The lowest BCUT2D eigenvalue weighted by Crippen LogP contribution is -2.48. The second-order valence-corrected chi connectivity index (χ2v) is 6.23. The molecule has 0 radical (unpaired) electrons. The van der Waals surface area contributed by atoms with Crippen molar-refractivity contribution in [1.29, 1.82) is 0 Å². The lowest BCUT2D eigenvalue weighted by molar-refractivity contribution is -0.133. The fourth-order valence-electron chi connectivity index (χ4n) is 2.56. The van der Waals surface area contributed by atoms with Crippen molar-refractivity contribution < 1.29 is 14.7 Å². The minimum Gasteiger partial charge on any atom is -0.508 e. The Morgan fingerprint density at radius 2 is 1.64 bits per heavy atom. The number of carbonyl (C=O) groups is 2. The molecule has 0 heterocycles. The zero-order valence-corrected chi connectivity index (χ0v) is 14.8.